The van der Waals surface area contributed by atoms with Crippen LogP contribution < -0.4 is 10.6 Å². The van der Waals surface area contributed by atoms with Gasteiger partial charge in [0, 0.05) is 38.9 Å². The number of carbonyl (C=O) groups is 2. The number of likely N-dealkylation sites (tertiary alicyclic amines) is 1. The van der Waals surface area contributed by atoms with E-state index in [0.717, 1.165) is 13.1 Å². The summed E-state index contributed by atoms with van der Waals surface area (Å²) < 4.78 is 1.62. The first-order valence-corrected chi connectivity index (χ1v) is 9.89. The van der Waals surface area contributed by atoms with Crippen LogP contribution in [0.15, 0.2) is 12.3 Å². The van der Waals surface area contributed by atoms with Gasteiger partial charge in [0.15, 0.2) is 0 Å². The second kappa shape index (κ2) is 8.66. The van der Waals surface area contributed by atoms with E-state index in [-0.39, 0.29) is 23.9 Å². The fourth-order valence-electron chi connectivity index (χ4n) is 4.27. The van der Waals surface area contributed by atoms with Crippen LogP contribution in [0.5, 0.6) is 0 Å². The molecule has 1 saturated carbocycles. The van der Waals surface area contributed by atoms with E-state index in [1.165, 1.54) is 32.1 Å². The van der Waals surface area contributed by atoms with Gasteiger partial charge in [0.25, 0.3) is 5.91 Å². The molecule has 3 rings (SSSR count). The van der Waals surface area contributed by atoms with Gasteiger partial charge in [0.05, 0.1) is 6.04 Å². The van der Waals surface area contributed by atoms with Crippen LogP contribution in [0.1, 0.15) is 55.9 Å². The summed E-state index contributed by atoms with van der Waals surface area (Å²) in [5.74, 6) is 0.591. The van der Waals surface area contributed by atoms with Crippen molar-refractivity contribution in [3.63, 3.8) is 0 Å². The zero-order chi connectivity index (χ0) is 18.5. The molecule has 2 heterocycles. The molecule has 26 heavy (non-hydrogen) atoms. The van der Waals surface area contributed by atoms with Gasteiger partial charge in [0.2, 0.25) is 5.91 Å². The predicted octanol–water partition coefficient (Wildman–Crippen LogP) is 1.31. The van der Waals surface area contributed by atoms with Crippen molar-refractivity contribution in [1.82, 2.24) is 25.3 Å². The van der Waals surface area contributed by atoms with E-state index in [1.807, 2.05) is 6.92 Å². The molecule has 2 amide bonds. The normalized spacial score (nSPS) is 24.5. The second-order valence-corrected chi connectivity index (χ2v) is 7.65. The molecule has 1 saturated heterocycles. The summed E-state index contributed by atoms with van der Waals surface area (Å²) in [6, 6.07) is 1.55. The van der Waals surface area contributed by atoms with Crippen molar-refractivity contribution in [2.45, 2.75) is 57.5 Å². The van der Waals surface area contributed by atoms with Crippen molar-refractivity contribution in [1.29, 1.82) is 0 Å². The summed E-state index contributed by atoms with van der Waals surface area (Å²) in [5, 5.41) is 10.2. The molecule has 0 bridgehead atoms. The third-order valence-electron chi connectivity index (χ3n) is 5.56. The lowest BCUT2D eigenvalue weighted by atomic mass is 9.89. The number of hydrogen-bond donors (Lipinski definition) is 2. The van der Waals surface area contributed by atoms with Crippen LogP contribution >= 0.6 is 0 Å². The maximum Gasteiger partial charge on any atom is 0.272 e. The highest BCUT2D eigenvalue weighted by Gasteiger charge is 2.38. The molecule has 7 nitrogen and oxygen atoms in total. The predicted molar refractivity (Wildman–Crippen MR) is 99.7 cm³/mol. The van der Waals surface area contributed by atoms with Crippen molar-refractivity contribution >= 4 is 11.8 Å². The maximum atomic E-state index is 12.5. The summed E-state index contributed by atoms with van der Waals surface area (Å²) in [5.41, 5.74) is 0.424. The van der Waals surface area contributed by atoms with E-state index in [2.05, 4.69) is 20.6 Å². The number of aromatic nitrogens is 2. The molecule has 2 aliphatic rings. The van der Waals surface area contributed by atoms with Crippen LogP contribution in [-0.2, 0) is 11.8 Å². The number of carbonyl (C=O) groups excluding carboxylic acids is 2. The summed E-state index contributed by atoms with van der Waals surface area (Å²) >= 11 is 0. The third-order valence-corrected chi connectivity index (χ3v) is 5.56. The first kappa shape index (κ1) is 18.9. The monoisotopic (exact) mass is 361 g/mol. The number of rotatable bonds is 6. The summed E-state index contributed by atoms with van der Waals surface area (Å²) in [6.07, 6.45) is 8.86. The van der Waals surface area contributed by atoms with Crippen molar-refractivity contribution < 1.29 is 9.59 Å². The van der Waals surface area contributed by atoms with E-state index in [1.54, 1.807) is 24.0 Å². The average molecular weight is 361 g/mol. The number of hydrogen-bond acceptors (Lipinski definition) is 4. The minimum atomic E-state index is -0.162. The van der Waals surface area contributed by atoms with Crippen LogP contribution in [0.4, 0.5) is 0 Å². The Bertz CT molecular complexity index is 623. The van der Waals surface area contributed by atoms with Gasteiger partial charge in [-0.15, -0.1) is 0 Å². The topological polar surface area (TPSA) is 79.3 Å². The Kier molecular flexibility index (Phi) is 6.29. The Morgan fingerprint density at radius 3 is 2.69 bits per heavy atom. The summed E-state index contributed by atoms with van der Waals surface area (Å²) in [6.45, 7) is 4.27. The van der Waals surface area contributed by atoms with Gasteiger partial charge >= 0.3 is 0 Å². The SMILES string of the molecule is CCNC(=O)[C@@H]1C[C@@H](NC(=O)c2ccn(C)n2)CN1CC1CCCCC1. The van der Waals surface area contributed by atoms with Crippen LogP contribution in [0, 0.1) is 5.92 Å². The lowest BCUT2D eigenvalue weighted by molar-refractivity contribution is -0.125. The van der Waals surface area contributed by atoms with Gasteiger partial charge < -0.3 is 10.6 Å². The van der Waals surface area contributed by atoms with Crippen LogP contribution in [0.2, 0.25) is 0 Å². The Balaban J connectivity index is 1.62. The highest BCUT2D eigenvalue weighted by Crippen LogP contribution is 2.28. The molecule has 7 heteroatoms. The van der Waals surface area contributed by atoms with Gasteiger partial charge in [-0.3, -0.25) is 19.2 Å². The first-order chi connectivity index (χ1) is 12.6. The van der Waals surface area contributed by atoms with E-state index in [0.29, 0.717) is 24.6 Å². The largest absolute Gasteiger partial charge is 0.355 e. The number of aryl methyl sites for hydroxylation is 1. The highest BCUT2D eigenvalue weighted by molar-refractivity contribution is 5.92. The fourth-order valence-corrected chi connectivity index (χ4v) is 4.27. The number of amides is 2. The molecule has 0 unspecified atom stereocenters. The lowest BCUT2D eigenvalue weighted by Gasteiger charge is -2.30. The van der Waals surface area contributed by atoms with E-state index < -0.39 is 0 Å². The van der Waals surface area contributed by atoms with E-state index >= 15 is 0 Å². The summed E-state index contributed by atoms with van der Waals surface area (Å²) in [4.78, 5) is 27.2. The zero-order valence-electron chi connectivity index (χ0n) is 15.9. The number of nitrogens with one attached hydrogen (secondary N) is 2. The van der Waals surface area contributed by atoms with Gasteiger partial charge in [-0.05, 0) is 38.2 Å². The molecule has 0 radical (unpaired) electrons. The lowest BCUT2D eigenvalue weighted by Crippen LogP contribution is -2.45. The fraction of sp³-hybridized carbons (Fsp3) is 0.737. The van der Waals surface area contributed by atoms with E-state index in [9.17, 15) is 9.59 Å². The average Bonchev–Trinajstić information content (AvgIpc) is 3.22. The van der Waals surface area contributed by atoms with Gasteiger partial charge in [-0.1, -0.05) is 19.3 Å². The number of likely N-dealkylation sites (N-methyl/N-ethyl adjacent to an activating group) is 1. The molecule has 1 aliphatic carbocycles. The molecule has 2 atom stereocenters. The smallest absolute Gasteiger partial charge is 0.272 e. The molecule has 0 aromatic carbocycles. The number of nitrogens with zero attached hydrogens (tertiary/aromatic N) is 3. The maximum absolute atomic E-state index is 12.5. The Morgan fingerprint density at radius 1 is 1.27 bits per heavy atom. The molecular weight excluding hydrogens is 330 g/mol. The van der Waals surface area contributed by atoms with Crippen LogP contribution in [-0.4, -0.2) is 58.2 Å². The van der Waals surface area contributed by atoms with Gasteiger partial charge in [-0.2, -0.15) is 5.10 Å². The molecule has 2 N–H and O–H groups in total. The third kappa shape index (κ3) is 4.63. The summed E-state index contributed by atoms with van der Waals surface area (Å²) in [7, 11) is 1.80. The van der Waals surface area contributed by atoms with Crippen molar-refractivity contribution in [2.24, 2.45) is 13.0 Å². The quantitative estimate of drug-likeness (QED) is 0.801. The molecular formula is C19H31N5O2. The van der Waals surface area contributed by atoms with Crippen molar-refractivity contribution in [3.8, 4) is 0 Å². The van der Waals surface area contributed by atoms with Crippen LogP contribution in [0.3, 0.4) is 0 Å². The molecule has 1 aliphatic heterocycles. The molecule has 144 valence electrons. The minimum Gasteiger partial charge on any atom is -0.355 e. The first-order valence-electron chi connectivity index (χ1n) is 9.89. The van der Waals surface area contributed by atoms with E-state index in [4.69, 9.17) is 0 Å². The van der Waals surface area contributed by atoms with Crippen molar-refractivity contribution in [2.75, 3.05) is 19.6 Å². The minimum absolute atomic E-state index is 0.0132. The Labute approximate surface area is 155 Å². The molecule has 0 spiro atoms. The van der Waals surface area contributed by atoms with Gasteiger partial charge in [-0.25, -0.2) is 0 Å². The molecule has 2 fully saturated rings. The second-order valence-electron chi connectivity index (χ2n) is 7.65. The highest BCUT2D eigenvalue weighted by atomic mass is 16.2. The molecule has 1 aromatic heterocycles. The van der Waals surface area contributed by atoms with Crippen molar-refractivity contribution in [3.05, 3.63) is 18.0 Å². The Morgan fingerprint density at radius 2 is 2.04 bits per heavy atom. The zero-order valence-corrected chi connectivity index (χ0v) is 15.9. The van der Waals surface area contributed by atoms with Gasteiger partial charge in [0.1, 0.15) is 5.69 Å². The Hall–Kier alpha value is -1.89. The molecule has 1 aromatic rings. The van der Waals surface area contributed by atoms with Crippen LogP contribution in [0.25, 0.3) is 0 Å². The standard InChI is InChI=1S/C19H31N5O2/c1-3-20-19(26)17-11-15(21-18(25)16-9-10-23(2)22-16)13-24(17)12-14-7-5-4-6-8-14/h9-10,14-15,17H,3-8,11-13H2,1-2H3,(H,20,26)(H,21,25)/t15-,17+/m1/s1.